The van der Waals surface area contributed by atoms with E-state index < -0.39 is 15.1 Å². The van der Waals surface area contributed by atoms with Gasteiger partial charge in [-0.15, -0.1) is 0 Å². The van der Waals surface area contributed by atoms with Gasteiger partial charge in [-0.3, -0.25) is 0 Å². The van der Waals surface area contributed by atoms with Crippen LogP contribution >= 0.6 is 11.6 Å². The number of benzene rings is 2. The van der Waals surface area contributed by atoms with E-state index in [9.17, 15) is 8.42 Å². The molecule has 1 aliphatic heterocycles. The van der Waals surface area contributed by atoms with Gasteiger partial charge >= 0.3 is 0 Å². The molecule has 0 spiro atoms. The summed E-state index contributed by atoms with van der Waals surface area (Å²) in [4.78, 5) is 9.63. The van der Waals surface area contributed by atoms with Gasteiger partial charge in [0.05, 0.1) is 27.0 Å². The summed E-state index contributed by atoms with van der Waals surface area (Å²) in [6.07, 6.45) is 4.69. The summed E-state index contributed by atoms with van der Waals surface area (Å²) in [7, 11) is -3.44. The maximum Gasteiger partial charge on any atom is 0.180 e. The van der Waals surface area contributed by atoms with Crippen molar-refractivity contribution in [3.8, 4) is 5.75 Å². The Kier molecular flexibility index (Phi) is 9.11. The summed E-state index contributed by atoms with van der Waals surface area (Å²) in [5.41, 5.74) is 4.93. The summed E-state index contributed by atoms with van der Waals surface area (Å²) in [6.45, 7) is 11.7. The number of hydrogen-bond donors (Lipinski definition) is 1. The van der Waals surface area contributed by atoms with Gasteiger partial charge < -0.3 is 10.1 Å². The summed E-state index contributed by atoms with van der Waals surface area (Å²) in [6, 6.07) is 11.5. The Morgan fingerprint density at radius 3 is 2.45 bits per heavy atom. The second-order valence-corrected chi connectivity index (χ2v) is 13.5. The zero-order valence-electron chi connectivity index (χ0n) is 22.9. The number of rotatable bonds is 9. The van der Waals surface area contributed by atoms with Crippen molar-refractivity contribution in [2.75, 3.05) is 13.1 Å². The van der Waals surface area contributed by atoms with Crippen LogP contribution in [0.4, 0.5) is 0 Å². The number of hydrogen-bond acceptors (Lipinski definition) is 6. The second kappa shape index (κ2) is 12.1. The molecule has 38 heavy (non-hydrogen) atoms. The van der Waals surface area contributed by atoms with E-state index in [-0.39, 0.29) is 6.10 Å². The molecule has 1 fully saturated rings. The maximum atomic E-state index is 13.0. The number of ether oxygens (including phenoxy) is 1. The highest BCUT2D eigenvalue weighted by Crippen LogP contribution is 2.34. The van der Waals surface area contributed by atoms with Crippen LogP contribution in [-0.4, -0.2) is 42.8 Å². The first-order valence-electron chi connectivity index (χ1n) is 13.4. The molecule has 1 aliphatic rings. The van der Waals surface area contributed by atoms with E-state index in [4.69, 9.17) is 21.3 Å². The predicted octanol–water partition coefficient (Wildman–Crippen LogP) is 6.06. The van der Waals surface area contributed by atoms with Gasteiger partial charge in [0.2, 0.25) is 0 Å². The number of halogens is 1. The Hall–Kier alpha value is -2.48. The molecule has 204 valence electrons. The highest BCUT2D eigenvalue weighted by molar-refractivity contribution is 7.92. The predicted molar refractivity (Wildman–Crippen MR) is 153 cm³/mol. The average Bonchev–Trinajstić information content (AvgIpc) is 2.88. The molecule has 4 rings (SSSR count). The number of sulfone groups is 1. The normalized spacial score (nSPS) is 14.8. The van der Waals surface area contributed by atoms with Gasteiger partial charge in [0.25, 0.3) is 0 Å². The number of nitrogens with one attached hydrogen (secondary N) is 1. The topological polar surface area (TPSA) is 81.2 Å². The molecule has 0 aliphatic carbocycles. The van der Waals surface area contributed by atoms with Crippen LogP contribution in [0.25, 0.3) is 0 Å². The van der Waals surface area contributed by atoms with Crippen LogP contribution in [-0.2, 0) is 22.7 Å². The lowest BCUT2D eigenvalue weighted by Crippen LogP contribution is -2.27. The zero-order chi connectivity index (χ0) is 27.4. The highest BCUT2D eigenvalue weighted by atomic mass is 35.5. The van der Waals surface area contributed by atoms with E-state index in [0.29, 0.717) is 45.8 Å². The number of aryl methyl sites for hydroxylation is 1. The molecule has 8 heteroatoms. The van der Waals surface area contributed by atoms with Crippen molar-refractivity contribution in [3.63, 3.8) is 0 Å². The standard InChI is InChI=1S/C30H38ClN3O3S/c1-19(2)37-28-17-25(22-10-12-32-13-11-22)21(5)14-24(28)16-30-33-18-26(31)27(34-30)15-23-8-6-7-9-29(23)38(35,36)20(3)4/h6-9,14,17-20,22,32H,10-13,15-16H2,1-5H3. The molecule has 0 saturated carbocycles. The first kappa shape index (κ1) is 28.5. The third kappa shape index (κ3) is 6.56. The summed E-state index contributed by atoms with van der Waals surface area (Å²) >= 11 is 6.51. The molecule has 2 heterocycles. The molecule has 0 radical (unpaired) electrons. The molecule has 1 saturated heterocycles. The van der Waals surface area contributed by atoms with Crippen molar-refractivity contribution < 1.29 is 13.2 Å². The molecule has 0 atom stereocenters. The first-order valence-corrected chi connectivity index (χ1v) is 15.3. The minimum atomic E-state index is -3.44. The van der Waals surface area contributed by atoms with E-state index in [1.165, 1.54) is 11.1 Å². The minimum Gasteiger partial charge on any atom is -0.491 e. The number of nitrogens with zero attached hydrogens (tertiary/aromatic N) is 2. The molecular formula is C30H38ClN3O3S. The van der Waals surface area contributed by atoms with E-state index in [2.05, 4.69) is 29.4 Å². The lowest BCUT2D eigenvalue weighted by molar-refractivity contribution is 0.239. The Labute approximate surface area is 232 Å². The van der Waals surface area contributed by atoms with Crippen molar-refractivity contribution in [1.82, 2.24) is 15.3 Å². The van der Waals surface area contributed by atoms with Gasteiger partial charge in [0.15, 0.2) is 9.84 Å². The van der Waals surface area contributed by atoms with E-state index in [0.717, 1.165) is 37.2 Å². The van der Waals surface area contributed by atoms with E-state index >= 15 is 0 Å². The first-order chi connectivity index (χ1) is 18.1. The van der Waals surface area contributed by atoms with Gasteiger partial charge in [-0.25, -0.2) is 18.4 Å². The van der Waals surface area contributed by atoms with Gasteiger partial charge in [0, 0.05) is 24.6 Å². The summed E-state index contributed by atoms with van der Waals surface area (Å²) in [5, 5.41) is 3.35. The zero-order valence-corrected chi connectivity index (χ0v) is 24.5. The van der Waals surface area contributed by atoms with Crippen LogP contribution in [0.2, 0.25) is 5.02 Å². The van der Waals surface area contributed by atoms with E-state index in [1.54, 1.807) is 32.2 Å². The molecule has 0 unspecified atom stereocenters. The monoisotopic (exact) mass is 555 g/mol. The summed E-state index contributed by atoms with van der Waals surface area (Å²) < 4.78 is 32.2. The quantitative estimate of drug-likeness (QED) is 0.346. The largest absolute Gasteiger partial charge is 0.491 e. The third-order valence-corrected chi connectivity index (χ3v) is 9.63. The Balaban J connectivity index is 1.66. The molecule has 1 N–H and O–H groups in total. The molecule has 1 aromatic heterocycles. The Morgan fingerprint density at radius 2 is 1.76 bits per heavy atom. The van der Waals surface area contributed by atoms with Gasteiger partial charge in [-0.2, -0.15) is 0 Å². The smallest absolute Gasteiger partial charge is 0.180 e. The number of aromatic nitrogens is 2. The molecule has 0 bridgehead atoms. The van der Waals surface area contributed by atoms with Crippen LogP contribution < -0.4 is 10.1 Å². The minimum absolute atomic E-state index is 0.0402. The van der Waals surface area contributed by atoms with Gasteiger partial charge in [0.1, 0.15) is 11.6 Å². The average molecular weight is 556 g/mol. The van der Waals surface area contributed by atoms with Crippen LogP contribution in [0, 0.1) is 6.92 Å². The SMILES string of the molecule is Cc1cc(Cc2ncc(Cl)c(Cc3ccccc3S(=O)(=O)C(C)C)n2)c(OC(C)C)cc1C1CCNCC1. The Morgan fingerprint density at radius 1 is 1.05 bits per heavy atom. The van der Waals surface area contributed by atoms with Crippen molar-refractivity contribution in [2.24, 2.45) is 0 Å². The third-order valence-electron chi connectivity index (χ3n) is 7.06. The second-order valence-electron chi connectivity index (χ2n) is 10.6. The highest BCUT2D eigenvalue weighted by Gasteiger charge is 2.24. The molecule has 6 nitrogen and oxygen atoms in total. The number of piperidine rings is 1. The van der Waals surface area contributed by atoms with Crippen LogP contribution in [0.3, 0.4) is 0 Å². The molecular weight excluding hydrogens is 518 g/mol. The maximum absolute atomic E-state index is 13.0. The molecule has 0 amide bonds. The lowest BCUT2D eigenvalue weighted by Gasteiger charge is -2.26. The fraction of sp³-hybridized carbons (Fsp3) is 0.467. The van der Waals surface area contributed by atoms with Crippen LogP contribution in [0.1, 0.15) is 80.2 Å². The summed E-state index contributed by atoms with van der Waals surface area (Å²) in [5.74, 6) is 2.02. The van der Waals surface area contributed by atoms with Crippen LogP contribution in [0.15, 0.2) is 47.5 Å². The van der Waals surface area contributed by atoms with Crippen molar-refractivity contribution in [2.45, 2.75) is 82.5 Å². The fourth-order valence-electron chi connectivity index (χ4n) is 5.02. The fourth-order valence-corrected chi connectivity index (χ4v) is 6.46. The molecule has 3 aromatic rings. The van der Waals surface area contributed by atoms with Crippen molar-refractivity contribution in [1.29, 1.82) is 0 Å². The lowest BCUT2D eigenvalue weighted by atomic mass is 9.86. The van der Waals surface area contributed by atoms with E-state index in [1.807, 2.05) is 26.0 Å². The van der Waals surface area contributed by atoms with Crippen molar-refractivity contribution in [3.05, 3.63) is 81.4 Å². The van der Waals surface area contributed by atoms with Gasteiger partial charge in [-0.1, -0.05) is 35.9 Å². The van der Waals surface area contributed by atoms with Crippen molar-refractivity contribution >= 4 is 21.4 Å². The Bertz CT molecular complexity index is 1380. The molecule has 2 aromatic carbocycles. The van der Waals surface area contributed by atoms with Gasteiger partial charge in [-0.05, 0) is 95.3 Å². The van der Waals surface area contributed by atoms with Crippen LogP contribution in [0.5, 0.6) is 5.75 Å².